The first-order valence-electron chi connectivity index (χ1n) is 5.64. The van der Waals surface area contributed by atoms with Gasteiger partial charge in [0.15, 0.2) is 5.84 Å². The Hall–Kier alpha value is -2.01. The summed E-state index contributed by atoms with van der Waals surface area (Å²) in [5, 5.41) is 11.5. The van der Waals surface area contributed by atoms with Crippen molar-refractivity contribution >= 4 is 17.6 Å². The Balaban J connectivity index is 2.00. The molecule has 0 heterocycles. The molecule has 0 aliphatic carbocycles. The molecule has 3 nitrogen and oxygen atoms in total. The molecule has 0 aromatic heterocycles. The molecular formula is C14H13FN2OS. The van der Waals surface area contributed by atoms with Gasteiger partial charge in [0.1, 0.15) is 5.82 Å². The molecule has 2 aromatic rings. The zero-order valence-electron chi connectivity index (χ0n) is 10.1. The molecule has 2 rings (SSSR count). The average molecular weight is 276 g/mol. The molecule has 0 amide bonds. The third-order valence-electron chi connectivity index (χ3n) is 2.56. The molecule has 0 bridgehead atoms. The second-order valence-electron chi connectivity index (χ2n) is 3.93. The van der Waals surface area contributed by atoms with Crippen molar-refractivity contribution in [3.8, 4) is 0 Å². The molecule has 3 N–H and O–H groups in total. The quantitative estimate of drug-likeness (QED) is 0.296. The topological polar surface area (TPSA) is 58.6 Å². The molecule has 0 fully saturated rings. The van der Waals surface area contributed by atoms with Crippen molar-refractivity contribution in [2.75, 3.05) is 0 Å². The van der Waals surface area contributed by atoms with E-state index in [4.69, 9.17) is 10.9 Å². The highest BCUT2D eigenvalue weighted by atomic mass is 32.2. The van der Waals surface area contributed by atoms with Gasteiger partial charge in [-0.2, -0.15) is 0 Å². The Morgan fingerprint density at radius 3 is 2.58 bits per heavy atom. The molecule has 0 saturated heterocycles. The van der Waals surface area contributed by atoms with Gasteiger partial charge in [-0.1, -0.05) is 35.5 Å². The molecule has 0 spiro atoms. The SMILES string of the molecule is NC(=NO)c1ccc(CSc2cccc(F)c2)cc1. The standard InChI is InChI=1S/C14H13FN2OS/c15-12-2-1-3-13(8-12)19-9-10-4-6-11(7-5-10)14(16)17-18/h1-8,18H,9H2,(H2,16,17). The minimum Gasteiger partial charge on any atom is -0.409 e. The number of halogens is 1. The predicted molar refractivity (Wildman–Crippen MR) is 74.9 cm³/mol. The lowest BCUT2D eigenvalue weighted by Gasteiger charge is -2.04. The summed E-state index contributed by atoms with van der Waals surface area (Å²) in [5.74, 6) is 0.594. The highest BCUT2D eigenvalue weighted by molar-refractivity contribution is 7.98. The molecule has 0 atom stereocenters. The molecule has 98 valence electrons. The van der Waals surface area contributed by atoms with E-state index >= 15 is 0 Å². The zero-order valence-corrected chi connectivity index (χ0v) is 10.9. The van der Waals surface area contributed by atoms with Crippen LogP contribution in [0.1, 0.15) is 11.1 Å². The molecule has 0 saturated carbocycles. The lowest BCUT2D eigenvalue weighted by atomic mass is 10.1. The lowest BCUT2D eigenvalue weighted by Crippen LogP contribution is -2.12. The first-order chi connectivity index (χ1) is 9.19. The van der Waals surface area contributed by atoms with Crippen LogP contribution in [0.5, 0.6) is 0 Å². The van der Waals surface area contributed by atoms with Gasteiger partial charge in [0, 0.05) is 16.2 Å². The summed E-state index contributed by atoms with van der Waals surface area (Å²) < 4.78 is 13.0. The number of hydrogen-bond acceptors (Lipinski definition) is 3. The summed E-state index contributed by atoms with van der Waals surface area (Å²) in [5.41, 5.74) is 7.23. The number of benzene rings is 2. The highest BCUT2D eigenvalue weighted by Crippen LogP contribution is 2.23. The van der Waals surface area contributed by atoms with Crippen LogP contribution in [0.15, 0.2) is 58.6 Å². The third-order valence-corrected chi connectivity index (χ3v) is 3.62. The summed E-state index contributed by atoms with van der Waals surface area (Å²) in [4.78, 5) is 0.889. The van der Waals surface area contributed by atoms with E-state index in [0.717, 1.165) is 16.2 Å². The van der Waals surface area contributed by atoms with Gasteiger partial charge in [-0.3, -0.25) is 0 Å². The molecule has 19 heavy (non-hydrogen) atoms. The number of oxime groups is 1. The number of nitrogens with zero attached hydrogens (tertiary/aromatic N) is 1. The first-order valence-corrected chi connectivity index (χ1v) is 6.63. The molecule has 5 heteroatoms. The second-order valence-corrected chi connectivity index (χ2v) is 4.98. The highest BCUT2D eigenvalue weighted by Gasteiger charge is 2.01. The van der Waals surface area contributed by atoms with Crippen molar-refractivity contribution in [3.05, 3.63) is 65.5 Å². The van der Waals surface area contributed by atoms with E-state index in [9.17, 15) is 4.39 Å². The van der Waals surface area contributed by atoms with Crippen LogP contribution in [0.2, 0.25) is 0 Å². The zero-order chi connectivity index (χ0) is 13.7. The largest absolute Gasteiger partial charge is 0.409 e. The molecule has 0 unspecified atom stereocenters. The van der Waals surface area contributed by atoms with E-state index in [-0.39, 0.29) is 11.7 Å². The van der Waals surface area contributed by atoms with Crippen molar-refractivity contribution in [3.63, 3.8) is 0 Å². The van der Waals surface area contributed by atoms with Crippen molar-refractivity contribution < 1.29 is 9.60 Å². The van der Waals surface area contributed by atoms with Crippen LogP contribution in [-0.2, 0) is 5.75 Å². The van der Waals surface area contributed by atoms with Crippen LogP contribution < -0.4 is 5.73 Å². The minimum atomic E-state index is -0.229. The van der Waals surface area contributed by atoms with Crippen molar-refractivity contribution in [1.82, 2.24) is 0 Å². The summed E-state index contributed by atoms with van der Waals surface area (Å²) in [6.45, 7) is 0. The van der Waals surface area contributed by atoms with Crippen LogP contribution in [0, 0.1) is 5.82 Å². The molecule has 0 aliphatic heterocycles. The van der Waals surface area contributed by atoms with E-state index in [2.05, 4.69) is 5.16 Å². The third kappa shape index (κ3) is 3.72. The van der Waals surface area contributed by atoms with Crippen LogP contribution in [0.25, 0.3) is 0 Å². The summed E-state index contributed by atoms with van der Waals surface area (Å²) in [6.07, 6.45) is 0. The number of hydrogen-bond donors (Lipinski definition) is 2. The number of nitrogens with two attached hydrogens (primary N) is 1. The van der Waals surface area contributed by atoms with Crippen LogP contribution >= 0.6 is 11.8 Å². The monoisotopic (exact) mass is 276 g/mol. The fraction of sp³-hybridized carbons (Fsp3) is 0.0714. The van der Waals surface area contributed by atoms with E-state index < -0.39 is 0 Å². The minimum absolute atomic E-state index is 0.0873. The first kappa shape index (κ1) is 13.4. The molecular weight excluding hydrogens is 263 g/mol. The number of thioether (sulfide) groups is 1. The number of amidine groups is 1. The summed E-state index contributed by atoms with van der Waals surface area (Å²) >= 11 is 1.56. The number of rotatable bonds is 4. The molecule has 2 aromatic carbocycles. The van der Waals surface area contributed by atoms with Gasteiger partial charge in [0.05, 0.1) is 0 Å². The maximum absolute atomic E-state index is 13.0. The van der Waals surface area contributed by atoms with E-state index in [1.165, 1.54) is 12.1 Å². The van der Waals surface area contributed by atoms with Crippen molar-refractivity contribution in [2.24, 2.45) is 10.9 Å². The second kappa shape index (κ2) is 6.24. The Morgan fingerprint density at radius 1 is 1.21 bits per heavy atom. The lowest BCUT2D eigenvalue weighted by molar-refractivity contribution is 0.318. The van der Waals surface area contributed by atoms with Crippen molar-refractivity contribution in [2.45, 2.75) is 10.6 Å². The Labute approximate surface area is 114 Å². The maximum atomic E-state index is 13.0. The summed E-state index contributed by atoms with van der Waals surface area (Å²) in [6, 6.07) is 13.9. The van der Waals surface area contributed by atoms with Crippen LogP contribution in [0.3, 0.4) is 0 Å². The normalized spacial score (nSPS) is 11.5. The van der Waals surface area contributed by atoms with E-state index in [1.807, 2.05) is 18.2 Å². The van der Waals surface area contributed by atoms with Gasteiger partial charge in [-0.25, -0.2) is 4.39 Å². The van der Waals surface area contributed by atoms with Gasteiger partial charge >= 0.3 is 0 Å². The van der Waals surface area contributed by atoms with Crippen LogP contribution in [-0.4, -0.2) is 11.0 Å². The van der Waals surface area contributed by atoms with Crippen molar-refractivity contribution in [1.29, 1.82) is 0 Å². The Bertz CT molecular complexity index is 584. The fourth-order valence-electron chi connectivity index (χ4n) is 1.55. The maximum Gasteiger partial charge on any atom is 0.170 e. The van der Waals surface area contributed by atoms with E-state index in [1.54, 1.807) is 30.0 Å². The molecule has 0 aliphatic rings. The van der Waals surface area contributed by atoms with E-state index in [0.29, 0.717) is 5.56 Å². The van der Waals surface area contributed by atoms with Crippen LogP contribution in [0.4, 0.5) is 4.39 Å². The fourth-order valence-corrected chi connectivity index (χ4v) is 2.45. The smallest absolute Gasteiger partial charge is 0.170 e. The van der Waals surface area contributed by atoms with Gasteiger partial charge in [-0.05, 0) is 23.8 Å². The van der Waals surface area contributed by atoms with Gasteiger partial charge < -0.3 is 10.9 Å². The van der Waals surface area contributed by atoms with Gasteiger partial charge in [0.2, 0.25) is 0 Å². The van der Waals surface area contributed by atoms with Gasteiger partial charge in [0.25, 0.3) is 0 Å². The Morgan fingerprint density at radius 2 is 1.95 bits per heavy atom. The van der Waals surface area contributed by atoms with Gasteiger partial charge in [-0.15, -0.1) is 11.8 Å². The summed E-state index contributed by atoms with van der Waals surface area (Å²) in [7, 11) is 0. The molecule has 0 radical (unpaired) electrons. The predicted octanol–water partition coefficient (Wildman–Crippen LogP) is 3.21. The Kier molecular flexibility index (Phi) is 4.41. The average Bonchev–Trinajstić information content (AvgIpc) is 2.45.